The largest absolute Gasteiger partial charge is 0.337 e. The molecule has 0 radical (unpaired) electrons. The molecule has 0 unspecified atom stereocenters. The quantitative estimate of drug-likeness (QED) is 0.847. The first-order valence-electron chi connectivity index (χ1n) is 8.31. The van der Waals surface area contributed by atoms with E-state index in [9.17, 15) is 4.79 Å². The summed E-state index contributed by atoms with van der Waals surface area (Å²) in [6.45, 7) is 2.85. The van der Waals surface area contributed by atoms with E-state index < -0.39 is 0 Å². The standard InChI is InChI=1S/C16H23N5O2/c1-3-4-8-14-18-15(23-19-14)13-7-5-6-9-21(13)16(22)12-10-17-20(2)11-12/h10-11,13H,3-9H2,1-2H3/t13-/m1/s1. The molecule has 1 atom stereocenters. The molecule has 2 aromatic rings. The predicted octanol–water partition coefficient (Wildman–Crippen LogP) is 2.51. The van der Waals surface area contributed by atoms with Crippen LogP contribution in [0.1, 0.15) is 67.1 Å². The number of carbonyl (C=O) groups excluding carboxylic acids is 1. The maximum absolute atomic E-state index is 12.8. The van der Waals surface area contributed by atoms with Crippen LogP contribution >= 0.6 is 0 Å². The first-order valence-corrected chi connectivity index (χ1v) is 8.31. The van der Waals surface area contributed by atoms with Crippen molar-refractivity contribution in [2.45, 2.75) is 51.5 Å². The molecule has 0 aromatic carbocycles. The molecule has 0 aliphatic carbocycles. The van der Waals surface area contributed by atoms with Crippen LogP contribution in [0.4, 0.5) is 0 Å². The summed E-state index contributed by atoms with van der Waals surface area (Å²) < 4.78 is 7.09. The molecule has 1 aliphatic heterocycles. The van der Waals surface area contributed by atoms with Crippen LogP contribution in [0.25, 0.3) is 0 Å². The van der Waals surface area contributed by atoms with Crippen LogP contribution in [0.5, 0.6) is 0 Å². The van der Waals surface area contributed by atoms with Crippen molar-refractivity contribution in [1.29, 1.82) is 0 Å². The van der Waals surface area contributed by atoms with Gasteiger partial charge in [-0.05, 0) is 25.7 Å². The lowest BCUT2D eigenvalue weighted by atomic mass is 10.0. The van der Waals surface area contributed by atoms with Crippen molar-refractivity contribution in [3.63, 3.8) is 0 Å². The van der Waals surface area contributed by atoms with E-state index in [0.717, 1.165) is 44.3 Å². The summed E-state index contributed by atoms with van der Waals surface area (Å²) in [7, 11) is 1.81. The Hall–Kier alpha value is -2.18. The Balaban J connectivity index is 1.78. The number of aryl methyl sites for hydroxylation is 2. The lowest BCUT2D eigenvalue weighted by molar-refractivity contribution is 0.0561. The van der Waals surface area contributed by atoms with Crippen molar-refractivity contribution in [1.82, 2.24) is 24.8 Å². The van der Waals surface area contributed by atoms with Crippen LogP contribution in [0.15, 0.2) is 16.9 Å². The van der Waals surface area contributed by atoms with Gasteiger partial charge in [0, 0.05) is 26.2 Å². The van der Waals surface area contributed by atoms with Gasteiger partial charge in [-0.25, -0.2) is 0 Å². The molecule has 0 spiro atoms. The highest BCUT2D eigenvalue weighted by Crippen LogP contribution is 2.31. The molecular weight excluding hydrogens is 294 g/mol. The zero-order valence-corrected chi connectivity index (χ0v) is 13.7. The number of carbonyl (C=O) groups is 1. The SMILES string of the molecule is CCCCc1noc([C@H]2CCCCN2C(=O)c2cnn(C)c2)n1. The van der Waals surface area contributed by atoms with Gasteiger partial charge in [-0.3, -0.25) is 9.48 Å². The fourth-order valence-electron chi connectivity index (χ4n) is 2.97. The second kappa shape index (κ2) is 6.93. The molecule has 1 fully saturated rings. The molecule has 124 valence electrons. The smallest absolute Gasteiger partial charge is 0.257 e. The van der Waals surface area contributed by atoms with Gasteiger partial charge >= 0.3 is 0 Å². The number of amides is 1. The second-order valence-electron chi connectivity index (χ2n) is 6.07. The first kappa shape index (κ1) is 15.7. The molecule has 1 amide bonds. The molecule has 3 heterocycles. The van der Waals surface area contributed by atoms with E-state index in [1.54, 1.807) is 17.1 Å². The highest BCUT2D eigenvalue weighted by molar-refractivity contribution is 5.94. The molecule has 0 bridgehead atoms. The predicted molar refractivity (Wildman–Crippen MR) is 83.7 cm³/mol. The van der Waals surface area contributed by atoms with Gasteiger partial charge in [-0.15, -0.1) is 0 Å². The van der Waals surface area contributed by atoms with Crippen molar-refractivity contribution >= 4 is 5.91 Å². The number of piperidine rings is 1. The van der Waals surface area contributed by atoms with Crippen molar-refractivity contribution in [2.24, 2.45) is 7.05 Å². The molecule has 3 rings (SSSR count). The lowest BCUT2D eigenvalue weighted by Gasteiger charge is -2.33. The zero-order chi connectivity index (χ0) is 16.2. The van der Waals surface area contributed by atoms with Gasteiger partial charge in [0.2, 0.25) is 5.89 Å². The van der Waals surface area contributed by atoms with Gasteiger partial charge in [0.25, 0.3) is 5.91 Å². The van der Waals surface area contributed by atoms with E-state index in [4.69, 9.17) is 4.52 Å². The Labute approximate surface area is 135 Å². The molecule has 0 saturated carbocycles. The van der Waals surface area contributed by atoms with Crippen LogP contribution in [-0.4, -0.2) is 37.3 Å². The van der Waals surface area contributed by atoms with Crippen molar-refractivity contribution < 1.29 is 9.32 Å². The van der Waals surface area contributed by atoms with Crippen LogP contribution in [0.3, 0.4) is 0 Å². The van der Waals surface area contributed by atoms with E-state index in [2.05, 4.69) is 22.2 Å². The number of hydrogen-bond donors (Lipinski definition) is 0. The van der Waals surface area contributed by atoms with Gasteiger partial charge in [0.15, 0.2) is 5.82 Å². The number of unbranched alkanes of at least 4 members (excludes halogenated alkanes) is 1. The maximum Gasteiger partial charge on any atom is 0.257 e. The molecule has 0 N–H and O–H groups in total. The summed E-state index contributed by atoms with van der Waals surface area (Å²) in [5.74, 6) is 1.28. The Bertz CT molecular complexity index is 663. The summed E-state index contributed by atoms with van der Waals surface area (Å²) in [6.07, 6.45) is 9.24. The van der Waals surface area contributed by atoms with Crippen molar-refractivity contribution in [3.05, 3.63) is 29.7 Å². The fourth-order valence-corrected chi connectivity index (χ4v) is 2.97. The van der Waals surface area contributed by atoms with E-state index >= 15 is 0 Å². The van der Waals surface area contributed by atoms with Gasteiger partial charge in [0.1, 0.15) is 6.04 Å². The second-order valence-corrected chi connectivity index (χ2v) is 6.07. The number of rotatable bonds is 5. The number of aromatic nitrogens is 4. The molecule has 1 aliphatic rings. The third-order valence-electron chi connectivity index (χ3n) is 4.24. The van der Waals surface area contributed by atoms with Gasteiger partial charge < -0.3 is 9.42 Å². The minimum Gasteiger partial charge on any atom is -0.337 e. The summed E-state index contributed by atoms with van der Waals surface area (Å²) >= 11 is 0. The highest BCUT2D eigenvalue weighted by Gasteiger charge is 2.33. The Morgan fingerprint density at radius 2 is 2.30 bits per heavy atom. The summed E-state index contributed by atoms with van der Waals surface area (Å²) in [4.78, 5) is 19.1. The van der Waals surface area contributed by atoms with Gasteiger partial charge in [-0.1, -0.05) is 18.5 Å². The van der Waals surface area contributed by atoms with Crippen LogP contribution in [0, 0.1) is 0 Å². The topological polar surface area (TPSA) is 77.0 Å². The molecule has 1 saturated heterocycles. The van der Waals surface area contributed by atoms with Crippen molar-refractivity contribution in [3.8, 4) is 0 Å². The van der Waals surface area contributed by atoms with Gasteiger partial charge in [0.05, 0.1) is 11.8 Å². The Morgan fingerprint density at radius 3 is 3.04 bits per heavy atom. The minimum atomic E-state index is -0.126. The molecule has 2 aromatic heterocycles. The van der Waals surface area contributed by atoms with Gasteiger partial charge in [-0.2, -0.15) is 10.1 Å². The number of likely N-dealkylation sites (tertiary alicyclic amines) is 1. The molecule has 7 nitrogen and oxygen atoms in total. The summed E-state index contributed by atoms with van der Waals surface area (Å²) in [5.41, 5.74) is 0.602. The minimum absolute atomic E-state index is 0.0175. The van der Waals surface area contributed by atoms with Crippen molar-refractivity contribution in [2.75, 3.05) is 6.54 Å². The van der Waals surface area contributed by atoms with Crippen LogP contribution < -0.4 is 0 Å². The summed E-state index contributed by atoms with van der Waals surface area (Å²) in [6, 6.07) is -0.126. The Morgan fingerprint density at radius 1 is 1.43 bits per heavy atom. The monoisotopic (exact) mass is 317 g/mol. The average Bonchev–Trinajstić information content (AvgIpc) is 3.21. The molecule has 23 heavy (non-hydrogen) atoms. The highest BCUT2D eigenvalue weighted by atomic mass is 16.5. The molecule has 7 heteroatoms. The first-order chi connectivity index (χ1) is 11.2. The van der Waals surface area contributed by atoms with Crippen LogP contribution in [-0.2, 0) is 13.5 Å². The summed E-state index contributed by atoms with van der Waals surface area (Å²) in [5, 5.41) is 8.14. The Kier molecular flexibility index (Phi) is 4.73. The van der Waals surface area contributed by atoms with E-state index in [1.165, 1.54) is 0 Å². The van der Waals surface area contributed by atoms with E-state index in [0.29, 0.717) is 18.0 Å². The zero-order valence-electron chi connectivity index (χ0n) is 13.7. The number of nitrogens with zero attached hydrogens (tertiary/aromatic N) is 5. The van der Waals surface area contributed by atoms with E-state index in [1.807, 2.05) is 11.9 Å². The normalized spacial score (nSPS) is 18.3. The fraction of sp³-hybridized carbons (Fsp3) is 0.625. The number of hydrogen-bond acceptors (Lipinski definition) is 5. The third kappa shape index (κ3) is 3.43. The lowest BCUT2D eigenvalue weighted by Crippen LogP contribution is -2.38. The average molecular weight is 317 g/mol. The maximum atomic E-state index is 12.8. The third-order valence-corrected chi connectivity index (χ3v) is 4.24. The van der Waals surface area contributed by atoms with E-state index in [-0.39, 0.29) is 11.9 Å². The van der Waals surface area contributed by atoms with Crippen LogP contribution in [0.2, 0.25) is 0 Å². The molecular formula is C16H23N5O2.